The van der Waals surface area contributed by atoms with Crippen molar-refractivity contribution in [1.82, 2.24) is 15.5 Å². The van der Waals surface area contributed by atoms with Gasteiger partial charge in [0.05, 0.1) is 5.27 Å². The Balaban J connectivity index is 2.93. The van der Waals surface area contributed by atoms with E-state index in [4.69, 9.17) is 0 Å². The van der Waals surface area contributed by atoms with Crippen LogP contribution in [0, 0.1) is 0 Å². The van der Waals surface area contributed by atoms with Crippen molar-refractivity contribution in [3.63, 3.8) is 0 Å². The van der Waals surface area contributed by atoms with Gasteiger partial charge in [0.25, 0.3) is 0 Å². The van der Waals surface area contributed by atoms with Gasteiger partial charge in [-0.1, -0.05) is 11.7 Å². The molecule has 0 fully saturated rings. The Bertz CT molecular complexity index is 179. The fraction of sp³-hybridized carbons (Fsp3) is 0.250. The maximum atomic E-state index is 4.20. The lowest BCUT2D eigenvalue weighted by Crippen LogP contribution is -1.78. The largest absolute Gasteiger partial charge is 0.222 e. The molecule has 1 rings (SSSR count). The topological polar surface area (TPSA) is 51.8 Å². The minimum absolute atomic E-state index is 0.463. The van der Waals surface area contributed by atoms with E-state index in [-0.39, 0.29) is 0 Å². The lowest BCUT2D eigenvalue weighted by molar-refractivity contribution is 0.292. The molecule has 0 atom stereocenters. The molecule has 0 aliphatic rings. The van der Waals surface area contributed by atoms with Crippen LogP contribution in [-0.4, -0.2) is 15.5 Å². The molecular weight excluding hydrogens is 106 g/mol. The van der Waals surface area contributed by atoms with Gasteiger partial charge in [0.15, 0.2) is 0 Å². The first-order valence-electron chi connectivity index (χ1n) is 2.12. The van der Waals surface area contributed by atoms with Gasteiger partial charge in [-0.15, -0.1) is 0 Å². The molecule has 0 aromatic carbocycles. The summed E-state index contributed by atoms with van der Waals surface area (Å²) in [5.41, 5.74) is 0.756. The summed E-state index contributed by atoms with van der Waals surface area (Å²) in [5, 5.41) is 10.1. The molecule has 4 heteroatoms. The van der Waals surface area contributed by atoms with E-state index < -0.39 is 0 Å². The van der Waals surface area contributed by atoms with Crippen LogP contribution in [0.3, 0.4) is 0 Å². The molecule has 1 heterocycles. The van der Waals surface area contributed by atoms with E-state index in [2.05, 4.69) is 26.7 Å². The Morgan fingerprint density at radius 2 is 2.50 bits per heavy atom. The zero-order valence-corrected chi connectivity index (χ0v) is 4.46. The second kappa shape index (κ2) is 1.73. The number of hydrogen-bond donors (Lipinski definition) is 0. The van der Waals surface area contributed by atoms with Gasteiger partial charge in [0.2, 0.25) is 5.82 Å². The zero-order valence-electron chi connectivity index (χ0n) is 4.46. The van der Waals surface area contributed by atoms with Crippen LogP contribution in [0.1, 0.15) is 12.7 Å². The number of nitrogens with zero attached hydrogens (tertiary/aromatic N) is 3. The van der Waals surface area contributed by atoms with E-state index in [1.54, 1.807) is 6.92 Å². The molecule has 0 N–H and O–H groups in total. The maximum Gasteiger partial charge on any atom is 0.221 e. The van der Waals surface area contributed by atoms with Gasteiger partial charge in [-0.2, -0.15) is 0 Å². The standard InChI is InChI=1S/C4H5N3O/c1-3(2)4-5-7-8-6-4/h1H2,2H3. The van der Waals surface area contributed by atoms with Gasteiger partial charge in [0.1, 0.15) is 0 Å². The van der Waals surface area contributed by atoms with E-state index in [9.17, 15) is 0 Å². The lowest BCUT2D eigenvalue weighted by atomic mass is 10.3. The number of aromatic nitrogens is 3. The van der Waals surface area contributed by atoms with Crippen LogP contribution in [0.5, 0.6) is 0 Å². The average molecular weight is 111 g/mol. The third kappa shape index (κ3) is 0.726. The van der Waals surface area contributed by atoms with Crippen LogP contribution in [0.15, 0.2) is 11.2 Å². The van der Waals surface area contributed by atoms with Crippen LogP contribution >= 0.6 is 0 Å². The molecule has 0 amide bonds. The van der Waals surface area contributed by atoms with Gasteiger partial charge < -0.3 is 0 Å². The Kier molecular flexibility index (Phi) is 1.07. The molecule has 0 spiro atoms. The highest BCUT2D eigenvalue weighted by molar-refractivity contribution is 5.52. The zero-order chi connectivity index (χ0) is 5.98. The molecule has 0 bridgehead atoms. The fourth-order valence-electron chi connectivity index (χ4n) is 0.295. The monoisotopic (exact) mass is 111 g/mol. The van der Waals surface area contributed by atoms with Crippen molar-refractivity contribution in [2.75, 3.05) is 0 Å². The van der Waals surface area contributed by atoms with E-state index in [0.29, 0.717) is 5.82 Å². The number of rotatable bonds is 1. The van der Waals surface area contributed by atoms with Crippen LogP contribution in [0.4, 0.5) is 0 Å². The van der Waals surface area contributed by atoms with Crippen LogP contribution in [-0.2, 0) is 0 Å². The third-order valence-electron chi connectivity index (χ3n) is 0.681. The molecule has 0 saturated carbocycles. The highest BCUT2D eigenvalue weighted by Crippen LogP contribution is 1.99. The van der Waals surface area contributed by atoms with Crippen LogP contribution in [0.2, 0.25) is 0 Å². The fourth-order valence-corrected chi connectivity index (χ4v) is 0.295. The molecule has 0 aliphatic carbocycles. The summed E-state index contributed by atoms with van der Waals surface area (Å²) in [6.45, 7) is 5.36. The summed E-state index contributed by atoms with van der Waals surface area (Å²) in [6, 6.07) is 0. The third-order valence-corrected chi connectivity index (χ3v) is 0.681. The van der Waals surface area contributed by atoms with Gasteiger partial charge in [-0.25, -0.2) is 4.63 Å². The first-order valence-corrected chi connectivity index (χ1v) is 2.12. The predicted octanol–water partition coefficient (Wildman–Crippen LogP) is 0.498. The molecule has 8 heavy (non-hydrogen) atoms. The quantitative estimate of drug-likeness (QED) is 0.529. The number of allylic oxidation sites excluding steroid dienone is 1. The highest BCUT2D eigenvalue weighted by Gasteiger charge is 1.96. The van der Waals surface area contributed by atoms with Gasteiger partial charge in [0, 0.05) is 0 Å². The predicted molar refractivity (Wildman–Crippen MR) is 26.8 cm³/mol. The molecule has 0 saturated heterocycles. The molecule has 0 unspecified atom stereocenters. The van der Waals surface area contributed by atoms with Crippen LogP contribution < -0.4 is 0 Å². The summed E-state index contributed by atoms with van der Waals surface area (Å²) in [7, 11) is 0. The second-order valence-corrected chi connectivity index (χ2v) is 1.46. The number of hydrogen-bond acceptors (Lipinski definition) is 4. The average Bonchev–Trinajstić information content (AvgIpc) is 2.12. The second-order valence-electron chi connectivity index (χ2n) is 1.46. The van der Waals surface area contributed by atoms with Crippen molar-refractivity contribution >= 4 is 5.57 Å². The maximum absolute atomic E-state index is 4.20. The Hall–Kier alpha value is -1.19. The molecular formula is C4H5N3O. The normalized spacial score (nSPS) is 9.12. The smallest absolute Gasteiger partial charge is 0.221 e. The van der Waals surface area contributed by atoms with Crippen molar-refractivity contribution in [2.24, 2.45) is 0 Å². The minimum Gasteiger partial charge on any atom is -0.222 e. The van der Waals surface area contributed by atoms with Crippen LogP contribution in [0.25, 0.3) is 5.57 Å². The summed E-state index contributed by atoms with van der Waals surface area (Å²) in [4.78, 5) is 0. The van der Waals surface area contributed by atoms with E-state index in [1.165, 1.54) is 0 Å². The van der Waals surface area contributed by atoms with Gasteiger partial charge >= 0.3 is 0 Å². The van der Waals surface area contributed by atoms with Crippen molar-refractivity contribution in [1.29, 1.82) is 0 Å². The van der Waals surface area contributed by atoms with Crippen molar-refractivity contribution in [2.45, 2.75) is 6.92 Å². The van der Waals surface area contributed by atoms with E-state index in [0.717, 1.165) is 5.57 Å². The SMILES string of the molecule is C=C(C)c1nnon1. The van der Waals surface area contributed by atoms with Crippen molar-refractivity contribution in [3.05, 3.63) is 12.4 Å². The van der Waals surface area contributed by atoms with E-state index in [1.807, 2.05) is 0 Å². The summed E-state index contributed by atoms with van der Waals surface area (Å²) in [5.74, 6) is 0.463. The van der Waals surface area contributed by atoms with E-state index >= 15 is 0 Å². The minimum atomic E-state index is 0.463. The van der Waals surface area contributed by atoms with Gasteiger partial charge in [-0.05, 0) is 17.7 Å². The summed E-state index contributed by atoms with van der Waals surface area (Å²) < 4.78 is 4.20. The molecule has 42 valence electrons. The van der Waals surface area contributed by atoms with Gasteiger partial charge in [-0.3, -0.25) is 0 Å². The summed E-state index contributed by atoms with van der Waals surface area (Å²) >= 11 is 0. The first kappa shape index (κ1) is 4.96. The van der Waals surface area contributed by atoms with Crippen molar-refractivity contribution in [3.8, 4) is 0 Å². The lowest BCUT2D eigenvalue weighted by Gasteiger charge is -1.79. The Morgan fingerprint density at radius 3 is 2.75 bits per heavy atom. The Morgan fingerprint density at radius 1 is 1.75 bits per heavy atom. The first-order chi connectivity index (χ1) is 3.80. The molecule has 0 radical (unpaired) electrons. The Labute approximate surface area is 46.2 Å². The molecule has 1 aromatic heterocycles. The molecule has 0 aliphatic heterocycles. The van der Waals surface area contributed by atoms with Crippen molar-refractivity contribution < 1.29 is 4.63 Å². The molecule has 1 aromatic rings. The summed E-state index contributed by atoms with van der Waals surface area (Å²) in [6.07, 6.45) is 0. The highest BCUT2D eigenvalue weighted by atomic mass is 16.6. The molecule has 4 nitrogen and oxygen atoms in total.